The Morgan fingerprint density at radius 3 is 2.27 bits per heavy atom. The maximum Gasteiger partial charge on any atom is 0.101 e. The lowest BCUT2D eigenvalue weighted by atomic mass is 10.1. The molecule has 0 aromatic heterocycles. The molecule has 0 amide bonds. The van der Waals surface area contributed by atoms with E-state index in [9.17, 15) is 0 Å². The Labute approximate surface area is 89.5 Å². The van der Waals surface area contributed by atoms with Crippen LogP contribution in [-0.4, -0.2) is 27.2 Å². The van der Waals surface area contributed by atoms with Crippen LogP contribution in [0.1, 0.15) is 5.56 Å². The van der Waals surface area contributed by atoms with E-state index < -0.39 is 0 Å². The Morgan fingerprint density at radius 2 is 1.73 bits per heavy atom. The molecule has 4 heteroatoms. The van der Waals surface area contributed by atoms with Crippen LogP contribution in [0.4, 0.5) is 17.1 Å². The van der Waals surface area contributed by atoms with Crippen LogP contribution in [0.5, 0.6) is 0 Å². The number of benzene rings is 1. The Morgan fingerprint density at radius 1 is 1.20 bits per heavy atom. The number of nitriles is 1. The first-order chi connectivity index (χ1) is 7.13. The van der Waals surface area contributed by atoms with E-state index in [1.165, 1.54) is 0 Å². The van der Waals surface area contributed by atoms with Gasteiger partial charge < -0.3 is 15.5 Å². The summed E-state index contributed by atoms with van der Waals surface area (Å²) < 4.78 is 0. The highest BCUT2D eigenvalue weighted by Gasteiger charge is 2.19. The molecule has 0 atom stereocenters. The molecule has 0 aliphatic carbocycles. The molecule has 0 saturated carbocycles. The molecule has 1 aliphatic heterocycles. The van der Waals surface area contributed by atoms with Crippen molar-refractivity contribution in [3.05, 3.63) is 17.7 Å². The highest BCUT2D eigenvalue weighted by Crippen LogP contribution is 2.34. The van der Waals surface area contributed by atoms with Crippen molar-refractivity contribution in [2.45, 2.75) is 0 Å². The van der Waals surface area contributed by atoms with E-state index in [2.05, 4.69) is 15.9 Å². The first-order valence-corrected chi connectivity index (χ1v) is 4.89. The monoisotopic (exact) mass is 202 g/mol. The predicted octanol–water partition coefficient (Wildman–Crippen LogP) is 1.03. The molecule has 0 unspecified atom stereocenters. The second kappa shape index (κ2) is 3.35. The maximum absolute atomic E-state index is 8.91. The van der Waals surface area contributed by atoms with Crippen molar-refractivity contribution in [3.63, 3.8) is 0 Å². The minimum Gasteiger partial charge on any atom is -0.398 e. The first kappa shape index (κ1) is 9.66. The summed E-state index contributed by atoms with van der Waals surface area (Å²) in [6.45, 7) is 1.95. The van der Waals surface area contributed by atoms with Crippen molar-refractivity contribution in [2.75, 3.05) is 42.7 Å². The Kier molecular flexibility index (Phi) is 2.16. The lowest BCUT2D eigenvalue weighted by Crippen LogP contribution is -2.36. The van der Waals surface area contributed by atoms with Crippen LogP contribution < -0.4 is 15.5 Å². The zero-order valence-corrected chi connectivity index (χ0v) is 8.99. The maximum atomic E-state index is 8.91. The molecule has 0 fully saturated rings. The molecule has 2 rings (SSSR count). The number of fused-ring (bicyclic) bond motifs is 1. The summed E-state index contributed by atoms with van der Waals surface area (Å²) in [5.74, 6) is 0. The second-order valence-corrected chi connectivity index (χ2v) is 3.88. The summed E-state index contributed by atoms with van der Waals surface area (Å²) in [5, 5.41) is 8.91. The average Bonchev–Trinajstić information content (AvgIpc) is 2.23. The van der Waals surface area contributed by atoms with Gasteiger partial charge in [0.05, 0.1) is 22.6 Å². The molecule has 2 N–H and O–H groups in total. The van der Waals surface area contributed by atoms with Gasteiger partial charge in [-0.1, -0.05) is 0 Å². The molecule has 0 spiro atoms. The molecule has 1 heterocycles. The van der Waals surface area contributed by atoms with Gasteiger partial charge in [-0.2, -0.15) is 5.26 Å². The predicted molar refractivity (Wildman–Crippen MR) is 62.1 cm³/mol. The van der Waals surface area contributed by atoms with E-state index >= 15 is 0 Å². The third kappa shape index (κ3) is 1.46. The number of nitrogens with zero attached hydrogens (tertiary/aromatic N) is 3. The molecule has 1 aromatic rings. The van der Waals surface area contributed by atoms with Gasteiger partial charge in [-0.3, -0.25) is 0 Å². The van der Waals surface area contributed by atoms with E-state index in [0.29, 0.717) is 11.3 Å². The summed E-state index contributed by atoms with van der Waals surface area (Å²) in [6.07, 6.45) is 0. The van der Waals surface area contributed by atoms with Crippen LogP contribution in [0.2, 0.25) is 0 Å². The fourth-order valence-corrected chi connectivity index (χ4v) is 1.84. The van der Waals surface area contributed by atoms with Crippen molar-refractivity contribution < 1.29 is 0 Å². The second-order valence-electron chi connectivity index (χ2n) is 3.88. The largest absolute Gasteiger partial charge is 0.398 e. The van der Waals surface area contributed by atoms with Gasteiger partial charge in [0, 0.05) is 27.2 Å². The molecule has 4 nitrogen and oxygen atoms in total. The standard InChI is InChI=1S/C11H14N4/c1-14-3-4-15(2)11-6-9(13)8(7-12)5-10(11)14/h5-6H,3-4,13H2,1-2H3. The summed E-state index contributed by atoms with van der Waals surface area (Å²) in [6, 6.07) is 5.85. The van der Waals surface area contributed by atoms with Gasteiger partial charge in [-0.25, -0.2) is 0 Å². The molecular formula is C11H14N4. The summed E-state index contributed by atoms with van der Waals surface area (Å²) in [5.41, 5.74) is 9.08. The zero-order chi connectivity index (χ0) is 11.0. The highest BCUT2D eigenvalue weighted by molar-refractivity contribution is 5.80. The van der Waals surface area contributed by atoms with E-state index in [1.807, 2.05) is 26.2 Å². The van der Waals surface area contributed by atoms with E-state index in [1.54, 1.807) is 0 Å². The highest BCUT2D eigenvalue weighted by atomic mass is 15.2. The van der Waals surface area contributed by atoms with E-state index in [-0.39, 0.29) is 0 Å². The van der Waals surface area contributed by atoms with E-state index in [4.69, 9.17) is 11.0 Å². The molecule has 0 bridgehead atoms. The van der Waals surface area contributed by atoms with Crippen molar-refractivity contribution >= 4 is 17.1 Å². The molecular weight excluding hydrogens is 188 g/mol. The van der Waals surface area contributed by atoms with Gasteiger partial charge in [0.15, 0.2) is 0 Å². The van der Waals surface area contributed by atoms with Crippen LogP contribution in [0, 0.1) is 11.3 Å². The van der Waals surface area contributed by atoms with Crippen LogP contribution in [-0.2, 0) is 0 Å². The molecule has 0 saturated heterocycles. The fourth-order valence-electron chi connectivity index (χ4n) is 1.84. The van der Waals surface area contributed by atoms with Gasteiger partial charge >= 0.3 is 0 Å². The normalized spacial score (nSPS) is 14.7. The Hall–Kier alpha value is -1.89. The molecule has 78 valence electrons. The number of rotatable bonds is 0. The molecule has 15 heavy (non-hydrogen) atoms. The van der Waals surface area contributed by atoms with Gasteiger partial charge in [-0.05, 0) is 12.1 Å². The minimum absolute atomic E-state index is 0.552. The molecule has 1 aromatic carbocycles. The van der Waals surface area contributed by atoms with Crippen LogP contribution in [0.25, 0.3) is 0 Å². The summed E-state index contributed by atoms with van der Waals surface area (Å²) in [4.78, 5) is 4.31. The van der Waals surface area contributed by atoms with Gasteiger partial charge in [0.2, 0.25) is 0 Å². The SMILES string of the molecule is CN1CCN(C)c2cc(C#N)c(N)cc21. The van der Waals surface area contributed by atoms with Crippen molar-refractivity contribution in [2.24, 2.45) is 0 Å². The van der Waals surface area contributed by atoms with Gasteiger partial charge in [0.25, 0.3) is 0 Å². The smallest absolute Gasteiger partial charge is 0.101 e. The topological polar surface area (TPSA) is 56.3 Å². The van der Waals surface area contributed by atoms with Crippen LogP contribution in [0.3, 0.4) is 0 Å². The van der Waals surface area contributed by atoms with E-state index in [0.717, 1.165) is 24.5 Å². The van der Waals surface area contributed by atoms with Crippen molar-refractivity contribution in [1.29, 1.82) is 5.26 Å². The number of hydrogen-bond acceptors (Lipinski definition) is 4. The summed E-state index contributed by atoms with van der Waals surface area (Å²) >= 11 is 0. The average molecular weight is 202 g/mol. The lowest BCUT2D eigenvalue weighted by molar-refractivity contribution is 0.798. The van der Waals surface area contributed by atoms with Crippen molar-refractivity contribution in [1.82, 2.24) is 0 Å². The Bertz CT molecular complexity index is 433. The van der Waals surface area contributed by atoms with Gasteiger partial charge in [-0.15, -0.1) is 0 Å². The third-order valence-electron chi connectivity index (χ3n) is 2.86. The summed E-state index contributed by atoms with van der Waals surface area (Å²) in [7, 11) is 4.07. The van der Waals surface area contributed by atoms with Gasteiger partial charge in [0.1, 0.15) is 6.07 Å². The number of nitrogens with two attached hydrogens (primary N) is 1. The quantitative estimate of drug-likeness (QED) is 0.638. The number of hydrogen-bond donors (Lipinski definition) is 1. The van der Waals surface area contributed by atoms with Crippen LogP contribution >= 0.6 is 0 Å². The fraction of sp³-hybridized carbons (Fsp3) is 0.364. The Balaban J connectivity index is 2.60. The third-order valence-corrected chi connectivity index (χ3v) is 2.86. The number of anilines is 3. The van der Waals surface area contributed by atoms with Crippen LogP contribution in [0.15, 0.2) is 12.1 Å². The first-order valence-electron chi connectivity index (χ1n) is 4.89. The zero-order valence-electron chi connectivity index (χ0n) is 8.99. The molecule has 1 aliphatic rings. The lowest BCUT2D eigenvalue weighted by Gasteiger charge is -2.35. The number of likely N-dealkylation sites (N-methyl/N-ethyl adjacent to an activating group) is 2. The van der Waals surface area contributed by atoms with Crippen molar-refractivity contribution in [3.8, 4) is 6.07 Å². The number of nitrogen functional groups attached to an aromatic ring is 1. The minimum atomic E-state index is 0.552. The molecule has 0 radical (unpaired) electrons.